The lowest BCUT2D eigenvalue weighted by Crippen LogP contribution is -2.81. The molecule has 5 aliphatic carbocycles. The Labute approximate surface area is 211 Å². The molecular formula is C30H34N2O4. The highest BCUT2D eigenvalue weighted by atomic mass is 16.5. The zero-order valence-corrected chi connectivity index (χ0v) is 20.6. The Hall–Kier alpha value is -2.57. The van der Waals surface area contributed by atoms with Gasteiger partial charge >= 0.3 is 0 Å². The average Bonchev–Trinajstić information content (AvgIpc) is 3.63. The minimum Gasteiger partial charge on any atom is -0.504 e. The van der Waals surface area contributed by atoms with Crippen LogP contribution in [-0.2, 0) is 23.2 Å². The molecule has 3 N–H and O–H groups in total. The maximum absolute atomic E-state index is 13.8. The summed E-state index contributed by atoms with van der Waals surface area (Å²) in [5.41, 5.74) is 1.77. The van der Waals surface area contributed by atoms with Gasteiger partial charge in [-0.2, -0.15) is 0 Å². The van der Waals surface area contributed by atoms with Crippen LogP contribution in [0.2, 0.25) is 0 Å². The number of nitrogens with one attached hydrogen (secondary N) is 1. The Kier molecular flexibility index (Phi) is 4.21. The Morgan fingerprint density at radius 3 is 2.75 bits per heavy atom. The maximum Gasteiger partial charge on any atom is 0.226 e. The Balaban J connectivity index is 1.23. The van der Waals surface area contributed by atoms with Crippen LogP contribution >= 0.6 is 0 Å². The summed E-state index contributed by atoms with van der Waals surface area (Å²) in [5.74, 6) is 0.948. The molecule has 188 valence electrons. The molecule has 4 bridgehead atoms. The molecule has 0 radical (unpaired) electrons. The molecule has 1 amide bonds. The number of hydrogen-bond donors (Lipinski definition) is 3. The van der Waals surface area contributed by atoms with Gasteiger partial charge in [0.15, 0.2) is 11.5 Å². The molecule has 1 saturated heterocycles. The minimum atomic E-state index is -1.24. The summed E-state index contributed by atoms with van der Waals surface area (Å²) in [6.45, 7) is 2.60. The van der Waals surface area contributed by atoms with Gasteiger partial charge in [0.1, 0.15) is 11.7 Å². The molecule has 6 atom stereocenters. The third-order valence-corrected chi connectivity index (χ3v) is 10.9. The van der Waals surface area contributed by atoms with Crippen molar-refractivity contribution in [1.29, 1.82) is 0 Å². The number of carbonyl (C=O) groups excluding carboxylic acids is 1. The molecule has 7 aliphatic rings. The molecule has 2 heterocycles. The molecule has 0 aromatic heterocycles. The van der Waals surface area contributed by atoms with Gasteiger partial charge < -0.3 is 20.3 Å². The Morgan fingerprint density at radius 2 is 1.94 bits per heavy atom. The number of benzene rings is 2. The predicted molar refractivity (Wildman–Crippen MR) is 134 cm³/mol. The molecular weight excluding hydrogens is 452 g/mol. The summed E-state index contributed by atoms with van der Waals surface area (Å²) in [5, 5.41) is 26.4. The molecule has 9 rings (SSSR count). The summed E-state index contributed by atoms with van der Waals surface area (Å²) < 4.78 is 6.61. The van der Waals surface area contributed by atoms with Crippen LogP contribution in [0.1, 0.15) is 55.2 Å². The van der Waals surface area contributed by atoms with E-state index in [1.165, 1.54) is 18.4 Å². The van der Waals surface area contributed by atoms with Gasteiger partial charge in [-0.1, -0.05) is 36.4 Å². The van der Waals surface area contributed by atoms with Gasteiger partial charge in [-0.25, -0.2) is 0 Å². The van der Waals surface area contributed by atoms with Crippen molar-refractivity contribution in [1.82, 2.24) is 10.2 Å². The fourth-order valence-electron chi connectivity index (χ4n) is 9.28. The van der Waals surface area contributed by atoms with Gasteiger partial charge in [0.2, 0.25) is 5.91 Å². The van der Waals surface area contributed by atoms with Gasteiger partial charge in [0, 0.05) is 35.5 Å². The van der Waals surface area contributed by atoms with Gasteiger partial charge in [0.05, 0.1) is 5.92 Å². The largest absolute Gasteiger partial charge is 0.504 e. The zero-order chi connectivity index (χ0) is 24.3. The van der Waals surface area contributed by atoms with E-state index in [4.69, 9.17) is 4.74 Å². The van der Waals surface area contributed by atoms with E-state index in [1.807, 2.05) is 30.3 Å². The predicted octanol–water partition coefficient (Wildman–Crippen LogP) is 3.28. The molecule has 2 aliphatic heterocycles. The number of amides is 1. The van der Waals surface area contributed by atoms with E-state index in [-0.39, 0.29) is 22.5 Å². The first-order valence-corrected chi connectivity index (χ1v) is 13.8. The Morgan fingerprint density at radius 1 is 1.11 bits per heavy atom. The zero-order valence-electron chi connectivity index (χ0n) is 20.6. The van der Waals surface area contributed by atoms with Crippen molar-refractivity contribution in [3.05, 3.63) is 59.2 Å². The summed E-state index contributed by atoms with van der Waals surface area (Å²) >= 11 is 0. The molecule has 2 aromatic rings. The first-order chi connectivity index (χ1) is 17.5. The van der Waals surface area contributed by atoms with Crippen LogP contribution in [0.4, 0.5) is 0 Å². The van der Waals surface area contributed by atoms with Crippen LogP contribution in [-0.4, -0.2) is 51.9 Å². The first-order valence-electron chi connectivity index (χ1n) is 13.8. The number of carbonyl (C=O) groups is 1. The van der Waals surface area contributed by atoms with Crippen LogP contribution in [0.3, 0.4) is 0 Å². The monoisotopic (exact) mass is 486 g/mol. The van der Waals surface area contributed by atoms with Crippen molar-refractivity contribution in [2.75, 3.05) is 13.1 Å². The normalized spacial score (nSPS) is 39.4. The third kappa shape index (κ3) is 2.52. The number of aromatic hydroxyl groups is 1. The molecule has 6 nitrogen and oxygen atoms in total. The van der Waals surface area contributed by atoms with Gasteiger partial charge in [-0.15, -0.1) is 0 Å². The summed E-state index contributed by atoms with van der Waals surface area (Å²) in [4.78, 5) is 16.5. The first kappa shape index (κ1) is 21.5. The number of fused-ring (bicyclic) bond motifs is 2. The van der Waals surface area contributed by atoms with Crippen molar-refractivity contribution < 1.29 is 19.7 Å². The topological polar surface area (TPSA) is 82.0 Å². The van der Waals surface area contributed by atoms with Gasteiger partial charge in [0.25, 0.3) is 0 Å². The fourth-order valence-corrected chi connectivity index (χ4v) is 9.28. The number of piperidine rings is 1. The van der Waals surface area contributed by atoms with E-state index >= 15 is 0 Å². The Bertz CT molecular complexity index is 1260. The van der Waals surface area contributed by atoms with E-state index < -0.39 is 17.6 Å². The summed E-state index contributed by atoms with van der Waals surface area (Å²) in [7, 11) is 0. The lowest BCUT2D eigenvalue weighted by atomic mass is 9.35. The van der Waals surface area contributed by atoms with E-state index in [1.54, 1.807) is 6.07 Å². The highest BCUT2D eigenvalue weighted by molar-refractivity contribution is 5.81. The number of likely N-dealkylation sites (tertiary alicyclic amines) is 1. The van der Waals surface area contributed by atoms with Crippen LogP contribution in [0.5, 0.6) is 11.5 Å². The second-order valence-electron chi connectivity index (χ2n) is 12.4. The molecule has 5 unspecified atom stereocenters. The average molecular weight is 487 g/mol. The van der Waals surface area contributed by atoms with E-state index in [0.29, 0.717) is 31.2 Å². The number of aliphatic hydroxyl groups is 1. The van der Waals surface area contributed by atoms with Crippen LogP contribution in [0.15, 0.2) is 42.5 Å². The van der Waals surface area contributed by atoms with E-state index in [2.05, 4.69) is 16.3 Å². The third-order valence-electron chi connectivity index (χ3n) is 10.9. The van der Waals surface area contributed by atoms with Crippen molar-refractivity contribution in [2.45, 2.75) is 74.7 Å². The number of phenols is 1. The number of ether oxygens (including phenoxy) is 1. The van der Waals surface area contributed by atoms with Crippen molar-refractivity contribution in [3.8, 4) is 11.5 Å². The van der Waals surface area contributed by atoms with Crippen LogP contribution in [0, 0.1) is 17.3 Å². The standard InChI is InChI=1S/C30H34N2O4/c33-22-9-8-20-14-23-28-10-11-30(35,21(15-28)26(34)31-16-18-4-2-1-3-5-18)27-29(28,24(20)25(22)36-27)12-13-32(23)17-19-6-7-19/h1-5,8-9,19,21,23,27,33,35H,6-7,10-17H2,(H,31,34)/t21-,23?,27?,28?,29?,30?/m1/s1. The quantitative estimate of drug-likeness (QED) is 0.604. The SMILES string of the molecule is O=C(NCc1ccccc1)[C@H]1CC23CCC1(O)C1Oc4c(O)ccc5c4C12CCN(CC1CC1)C3C5. The second kappa shape index (κ2) is 7.05. The van der Waals surface area contributed by atoms with E-state index in [9.17, 15) is 15.0 Å². The lowest BCUT2D eigenvalue weighted by Gasteiger charge is -2.73. The van der Waals surface area contributed by atoms with Crippen LogP contribution in [0.25, 0.3) is 0 Å². The number of phenolic OH excluding ortho intramolecular Hbond substituents is 1. The summed E-state index contributed by atoms with van der Waals surface area (Å²) in [6, 6.07) is 14.1. The molecule has 2 aromatic carbocycles. The number of nitrogens with zero attached hydrogens (tertiary/aromatic N) is 1. The van der Waals surface area contributed by atoms with Gasteiger partial charge in [-0.05, 0) is 74.6 Å². The van der Waals surface area contributed by atoms with Crippen molar-refractivity contribution in [3.63, 3.8) is 0 Å². The molecule has 5 fully saturated rings. The smallest absolute Gasteiger partial charge is 0.226 e. The van der Waals surface area contributed by atoms with E-state index in [0.717, 1.165) is 49.4 Å². The highest BCUT2D eigenvalue weighted by Crippen LogP contribution is 2.76. The molecule has 4 saturated carbocycles. The second-order valence-corrected chi connectivity index (χ2v) is 12.4. The number of hydrogen-bond acceptors (Lipinski definition) is 5. The lowest BCUT2D eigenvalue weighted by molar-refractivity contribution is -0.264. The maximum atomic E-state index is 13.8. The highest BCUT2D eigenvalue weighted by Gasteiger charge is 2.81. The minimum absolute atomic E-state index is 0.0725. The van der Waals surface area contributed by atoms with Crippen molar-refractivity contribution >= 4 is 5.91 Å². The van der Waals surface area contributed by atoms with Crippen LogP contribution < -0.4 is 10.1 Å². The fraction of sp³-hybridized carbons (Fsp3) is 0.567. The molecule has 6 heteroatoms. The molecule has 2 spiro atoms. The molecule has 36 heavy (non-hydrogen) atoms. The van der Waals surface area contributed by atoms with Gasteiger partial charge in [-0.3, -0.25) is 9.69 Å². The number of rotatable bonds is 5. The van der Waals surface area contributed by atoms with Crippen molar-refractivity contribution in [2.24, 2.45) is 17.3 Å². The summed E-state index contributed by atoms with van der Waals surface area (Å²) in [6.07, 6.45) is 6.18.